The molecule has 3 aromatic rings. The molecule has 0 aliphatic heterocycles. The van der Waals surface area contributed by atoms with Crippen molar-refractivity contribution < 1.29 is 4.92 Å². The Bertz CT molecular complexity index is 734. The predicted molar refractivity (Wildman–Crippen MR) is 74.9 cm³/mol. The summed E-state index contributed by atoms with van der Waals surface area (Å²) in [5.74, 6) is 0. The zero-order valence-corrected chi connectivity index (χ0v) is 9.33. The number of H-pyrrole nitrogens is 1. The third-order valence-corrected chi connectivity index (χ3v) is 2.83. The van der Waals surface area contributed by atoms with E-state index in [0.29, 0.717) is 0 Å². The van der Waals surface area contributed by atoms with Crippen molar-refractivity contribution in [3.05, 3.63) is 58.9 Å². The molecule has 3 rings (SSSR count). The summed E-state index contributed by atoms with van der Waals surface area (Å²) in [4.78, 5) is 17.6. The standard InChI is InChI=1S/C13H9N3O2.CH4/c17-16(18)10-3-1-2-9(8-10)11-4-6-14-13-12(11)5-7-15-13;/h1-8H,(H,14,15);1H4. The average Bonchev–Trinajstić information content (AvgIpc) is 2.87. The van der Waals surface area contributed by atoms with Crippen molar-refractivity contribution in [1.82, 2.24) is 9.97 Å². The topological polar surface area (TPSA) is 71.8 Å². The van der Waals surface area contributed by atoms with Crippen molar-refractivity contribution in [2.75, 3.05) is 0 Å². The van der Waals surface area contributed by atoms with Gasteiger partial charge in [0.2, 0.25) is 0 Å². The molecule has 0 saturated heterocycles. The summed E-state index contributed by atoms with van der Waals surface area (Å²) < 4.78 is 0. The molecule has 0 bridgehead atoms. The minimum absolute atomic E-state index is 0. The van der Waals surface area contributed by atoms with Gasteiger partial charge in [0.25, 0.3) is 5.69 Å². The fourth-order valence-corrected chi connectivity index (χ4v) is 2.00. The summed E-state index contributed by atoms with van der Waals surface area (Å²) in [6.07, 6.45) is 3.49. The number of aromatic amines is 1. The number of hydrogen-bond acceptors (Lipinski definition) is 3. The molecule has 0 fully saturated rings. The first kappa shape index (κ1) is 12.8. The van der Waals surface area contributed by atoms with E-state index in [4.69, 9.17) is 0 Å². The number of hydrogen-bond donors (Lipinski definition) is 1. The molecule has 2 aromatic heterocycles. The summed E-state index contributed by atoms with van der Waals surface area (Å²) >= 11 is 0. The Kier molecular flexibility index (Phi) is 3.29. The van der Waals surface area contributed by atoms with Crippen LogP contribution in [0.15, 0.2) is 48.8 Å². The van der Waals surface area contributed by atoms with Crippen molar-refractivity contribution in [2.45, 2.75) is 7.43 Å². The first-order valence-corrected chi connectivity index (χ1v) is 5.42. The number of aromatic nitrogens is 2. The van der Waals surface area contributed by atoms with E-state index < -0.39 is 0 Å². The van der Waals surface area contributed by atoms with Crippen LogP contribution in [-0.4, -0.2) is 14.9 Å². The van der Waals surface area contributed by atoms with Gasteiger partial charge >= 0.3 is 0 Å². The lowest BCUT2D eigenvalue weighted by molar-refractivity contribution is -0.384. The number of nitro groups is 1. The summed E-state index contributed by atoms with van der Waals surface area (Å²) in [6, 6.07) is 10.4. The van der Waals surface area contributed by atoms with Crippen LogP contribution in [0.5, 0.6) is 0 Å². The summed E-state index contributed by atoms with van der Waals surface area (Å²) in [6.45, 7) is 0. The lowest BCUT2D eigenvalue weighted by atomic mass is 10.0. The second-order valence-electron chi connectivity index (χ2n) is 3.91. The molecule has 1 aromatic carbocycles. The van der Waals surface area contributed by atoms with Gasteiger partial charge in [0.15, 0.2) is 0 Å². The van der Waals surface area contributed by atoms with E-state index in [1.54, 1.807) is 24.5 Å². The number of pyridine rings is 1. The van der Waals surface area contributed by atoms with Crippen molar-refractivity contribution >= 4 is 16.7 Å². The lowest BCUT2D eigenvalue weighted by Crippen LogP contribution is -1.88. The largest absolute Gasteiger partial charge is 0.346 e. The van der Waals surface area contributed by atoms with Crippen LogP contribution in [0.4, 0.5) is 5.69 Å². The molecule has 0 atom stereocenters. The third-order valence-electron chi connectivity index (χ3n) is 2.83. The van der Waals surface area contributed by atoms with Crippen molar-refractivity contribution in [3.8, 4) is 11.1 Å². The normalized spacial score (nSPS) is 10.1. The Morgan fingerprint density at radius 2 is 2.05 bits per heavy atom. The number of nitrogens with one attached hydrogen (secondary N) is 1. The number of rotatable bonds is 2. The minimum atomic E-state index is -0.390. The lowest BCUT2D eigenvalue weighted by Gasteiger charge is -2.03. The number of nitrogens with zero attached hydrogens (tertiary/aromatic N) is 2. The first-order chi connectivity index (χ1) is 8.75. The minimum Gasteiger partial charge on any atom is -0.346 e. The molecule has 0 radical (unpaired) electrons. The van der Waals surface area contributed by atoms with Gasteiger partial charge in [0.05, 0.1) is 4.92 Å². The fraction of sp³-hybridized carbons (Fsp3) is 0.0714. The molecule has 5 heteroatoms. The fourth-order valence-electron chi connectivity index (χ4n) is 2.00. The number of fused-ring (bicyclic) bond motifs is 1. The molecule has 0 aliphatic carbocycles. The Morgan fingerprint density at radius 1 is 1.21 bits per heavy atom. The average molecular weight is 255 g/mol. The molecule has 1 N–H and O–H groups in total. The van der Waals surface area contributed by atoms with Crippen LogP contribution < -0.4 is 0 Å². The van der Waals surface area contributed by atoms with E-state index in [1.165, 1.54) is 6.07 Å². The second-order valence-corrected chi connectivity index (χ2v) is 3.91. The van der Waals surface area contributed by atoms with Gasteiger partial charge in [-0.05, 0) is 23.3 Å². The summed E-state index contributed by atoms with van der Waals surface area (Å²) in [5.41, 5.74) is 2.62. The van der Waals surface area contributed by atoms with Gasteiger partial charge in [-0.3, -0.25) is 10.1 Å². The van der Waals surface area contributed by atoms with Gasteiger partial charge < -0.3 is 4.98 Å². The van der Waals surface area contributed by atoms with E-state index in [-0.39, 0.29) is 18.0 Å². The van der Waals surface area contributed by atoms with Gasteiger partial charge in [-0.25, -0.2) is 4.98 Å². The van der Waals surface area contributed by atoms with Crippen molar-refractivity contribution in [3.63, 3.8) is 0 Å². The maximum atomic E-state index is 10.8. The van der Waals surface area contributed by atoms with Crippen molar-refractivity contribution in [1.29, 1.82) is 0 Å². The van der Waals surface area contributed by atoms with E-state index in [1.807, 2.05) is 18.2 Å². The van der Waals surface area contributed by atoms with Crippen LogP contribution in [0.3, 0.4) is 0 Å². The molecular formula is C14H13N3O2. The Morgan fingerprint density at radius 3 is 2.84 bits per heavy atom. The zero-order chi connectivity index (χ0) is 12.5. The Hall–Kier alpha value is -2.69. The van der Waals surface area contributed by atoms with E-state index in [2.05, 4.69) is 9.97 Å². The summed E-state index contributed by atoms with van der Waals surface area (Å²) in [5, 5.41) is 11.7. The van der Waals surface area contributed by atoms with Gasteiger partial charge in [-0.15, -0.1) is 0 Å². The molecule has 0 saturated carbocycles. The first-order valence-electron chi connectivity index (χ1n) is 5.42. The van der Waals surface area contributed by atoms with Gasteiger partial charge in [0, 0.05) is 29.9 Å². The molecule has 0 amide bonds. The van der Waals surface area contributed by atoms with Crippen LogP contribution in [0.25, 0.3) is 22.2 Å². The highest BCUT2D eigenvalue weighted by atomic mass is 16.6. The summed E-state index contributed by atoms with van der Waals surface area (Å²) in [7, 11) is 0. The van der Waals surface area contributed by atoms with Crippen LogP contribution in [0, 0.1) is 10.1 Å². The quantitative estimate of drug-likeness (QED) is 0.559. The molecule has 0 unspecified atom stereocenters. The van der Waals surface area contributed by atoms with Crippen LogP contribution in [0.1, 0.15) is 7.43 Å². The zero-order valence-electron chi connectivity index (χ0n) is 9.33. The molecule has 2 heterocycles. The second kappa shape index (κ2) is 4.89. The van der Waals surface area contributed by atoms with Gasteiger partial charge in [0.1, 0.15) is 5.65 Å². The SMILES string of the molecule is C.O=[N+]([O-])c1cccc(-c2ccnc3[nH]ccc23)c1. The van der Waals surface area contributed by atoms with Gasteiger partial charge in [-0.2, -0.15) is 0 Å². The molecule has 19 heavy (non-hydrogen) atoms. The molecule has 5 nitrogen and oxygen atoms in total. The highest BCUT2D eigenvalue weighted by Crippen LogP contribution is 2.29. The highest BCUT2D eigenvalue weighted by Gasteiger charge is 2.09. The molecular weight excluding hydrogens is 242 g/mol. The molecule has 0 aliphatic rings. The van der Waals surface area contributed by atoms with E-state index >= 15 is 0 Å². The number of non-ortho nitro benzene ring substituents is 1. The van der Waals surface area contributed by atoms with Crippen LogP contribution >= 0.6 is 0 Å². The molecule has 96 valence electrons. The monoisotopic (exact) mass is 255 g/mol. The van der Waals surface area contributed by atoms with E-state index in [9.17, 15) is 10.1 Å². The highest BCUT2D eigenvalue weighted by molar-refractivity contribution is 5.93. The van der Waals surface area contributed by atoms with Crippen LogP contribution in [0.2, 0.25) is 0 Å². The Labute approximate surface area is 110 Å². The maximum Gasteiger partial charge on any atom is 0.270 e. The number of nitro benzene ring substituents is 1. The molecule has 0 spiro atoms. The third kappa shape index (κ3) is 2.18. The number of benzene rings is 1. The smallest absolute Gasteiger partial charge is 0.270 e. The Balaban J connectivity index is 0.00000133. The predicted octanol–water partition coefficient (Wildman–Crippen LogP) is 3.77. The van der Waals surface area contributed by atoms with Crippen molar-refractivity contribution in [2.24, 2.45) is 0 Å². The van der Waals surface area contributed by atoms with Gasteiger partial charge in [-0.1, -0.05) is 19.6 Å². The van der Waals surface area contributed by atoms with E-state index in [0.717, 1.165) is 22.2 Å². The van der Waals surface area contributed by atoms with Crippen LogP contribution in [-0.2, 0) is 0 Å². The maximum absolute atomic E-state index is 10.8.